The highest BCUT2D eigenvalue weighted by atomic mass is 16.6. The Balaban J connectivity index is 3.19. The number of rotatable bonds is 5. The van der Waals surface area contributed by atoms with E-state index in [-0.39, 0.29) is 17.1 Å². The van der Waals surface area contributed by atoms with Crippen LogP contribution in [0.15, 0.2) is 12.3 Å². The van der Waals surface area contributed by atoms with Crippen molar-refractivity contribution in [2.75, 3.05) is 18.5 Å². The van der Waals surface area contributed by atoms with E-state index < -0.39 is 10.9 Å². The Morgan fingerprint density at radius 2 is 2.22 bits per heavy atom. The van der Waals surface area contributed by atoms with Gasteiger partial charge in [0.25, 0.3) is 0 Å². The van der Waals surface area contributed by atoms with Crippen molar-refractivity contribution in [3.05, 3.63) is 27.9 Å². The molecule has 98 valence electrons. The Kier molecular flexibility index (Phi) is 4.19. The number of hydrogen-bond donors (Lipinski definition) is 1. The highest BCUT2D eigenvalue weighted by Gasteiger charge is 2.21. The van der Waals surface area contributed by atoms with Crippen molar-refractivity contribution >= 4 is 17.5 Å². The summed E-state index contributed by atoms with van der Waals surface area (Å²) in [5, 5.41) is 19.7. The Morgan fingerprint density at radius 3 is 2.67 bits per heavy atom. The van der Waals surface area contributed by atoms with Crippen molar-refractivity contribution in [1.82, 2.24) is 4.98 Å². The molecule has 0 amide bonds. The van der Waals surface area contributed by atoms with Gasteiger partial charge in [0.05, 0.1) is 10.5 Å². The minimum atomic E-state index is -1.23. The van der Waals surface area contributed by atoms with Crippen LogP contribution in [0, 0.1) is 16.0 Å². The van der Waals surface area contributed by atoms with E-state index in [9.17, 15) is 14.9 Å². The first kappa shape index (κ1) is 13.9. The summed E-state index contributed by atoms with van der Waals surface area (Å²) >= 11 is 0. The fraction of sp³-hybridized carbons (Fsp3) is 0.455. The lowest BCUT2D eigenvalue weighted by Gasteiger charge is -2.20. The Bertz CT molecular complexity index is 473. The van der Waals surface area contributed by atoms with Crippen LogP contribution in [0.1, 0.15) is 24.2 Å². The van der Waals surface area contributed by atoms with Crippen LogP contribution in [0.2, 0.25) is 0 Å². The first-order valence-electron chi connectivity index (χ1n) is 5.41. The second kappa shape index (κ2) is 5.44. The number of nitro groups is 1. The quantitative estimate of drug-likeness (QED) is 0.634. The molecule has 0 aromatic carbocycles. The molecule has 0 radical (unpaired) electrons. The van der Waals surface area contributed by atoms with Gasteiger partial charge < -0.3 is 10.0 Å². The first-order chi connectivity index (χ1) is 8.32. The van der Waals surface area contributed by atoms with Crippen molar-refractivity contribution in [3.8, 4) is 0 Å². The Labute approximate surface area is 104 Å². The lowest BCUT2D eigenvalue weighted by molar-refractivity contribution is -0.384. The van der Waals surface area contributed by atoms with Crippen LogP contribution in [0.3, 0.4) is 0 Å². The van der Waals surface area contributed by atoms with Crippen LogP contribution < -0.4 is 4.90 Å². The van der Waals surface area contributed by atoms with Crippen LogP contribution in [0.25, 0.3) is 0 Å². The third kappa shape index (κ3) is 3.16. The molecular formula is C11H15N3O4. The monoisotopic (exact) mass is 253 g/mol. The maximum atomic E-state index is 10.9. The van der Waals surface area contributed by atoms with Gasteiger partial charge in [0.2, 0.25) is 5.82 Å². The minimum Gasteiger partial charge on any atom is -0.478 e. The Morgan fingerprint density at radius 1 is 1.61 bits per heavy atom. The summed E-state index contributed by atoms with van der Waals surface area (Å²) in [4.78, 5) is 26.6. The average molecular weight is 253 g/mol. The van der Waals surface area contributed by atoms with Gasteiger partial charge in [-0.1, -0.05) is 13.8 Å². The van der Waals surface area contributed by atoms with Crippen molar-refractivity contribution < 1.29 is 14.8 Å². The number of carboxylic acids is 1. The molecule has 0 aliphatic carbocycles. The highest BCUT2D eigenvalue weighted by molar-refractivity contribution is 5.88. The predicted octanol–water partition coefficient (Wildman–Crippen LogP) is 1.78. The zero-order valence-corrected chi connectivity index (χ0v) is 10.5. The van der Waals surface area contributed by atoms with Gasteiger partial charge in [-0.2, -0.15) is 0 Å². The van der Waals surface area contributed by atoms with E-state index in [1.165, 1.54) is 0 Å². The number of aromatic carboxylic acids is 1. The van der Waals surface area contributed by atoms with E-state index in [0.717, 1.165) is 12.3 Å². The molecule has 0 saturated carbocycles. The van der Waals surface area contributed by atoms with Gasteiger partial charge in [0.1, 0.15) is 0 Å². The zero-order chi connectivity index (χ0) is 13.9. The molecule has 0 aliphatic rings. The van der Waals surface area contributed by atoms with E-state index in [4.69, 9.17) is 5.11 Å². The second-order valence-electron chi connectivity index (χ2n) is 4.40. The van der Waals surface area contributed by atoms with E-state index in [2.05, 4.69) is 4.98 Å². The standard InChI is InChI=1S/C11H15N3O4/c1-7(2)6-13(3)10-9(14(17)18)4-8(5-12-10)11(15)16/h4-5,7H,6H2,1-3H3,(H,15,16). The molecule has 0 unspecified atom stereocenters. The average Bonchev–Trinajstić information content (AvgIpc) is 2.26. The zero-order valence-electron chi connectivity index (χ0n) is 10.5. The highest BCUT2D eigenvalue weighted by Crippen LogP contribution is 2.26. The number of anilines is 1. The van der Waals surface area contributed by atoms with Crippen molar-refractivity contribution in [3.63, 3.8) is 0 Å². The maximum Gasteiger partial charge on any atom is 0.337 e. The summed E-state index contributed by atoms with van der Waals surface area (Å²) in [5.41, 5.74) is -0.485. The van der Waals surface area contributed by atoms with Crippen LogP contribution in [0.4, 0.5) is 11.5 Å². The summed E-state index contributed by atoms with van der Waals surface area (Å²) in [5.74, 6) is -0.738. The number of carbonyl (C=O) groups is 1. The smallest absolute Gasteiger partial charge is 0.337 e. The molecule has 1 N–H and O–H groups in total. The van der Waals surface area contributed by atoms with E-state index in [0.29, 0.717) is 12.5 Å². The molecule has 0 atom stereocenters. The summed E-state index contributed by atoms with van der Waals surface area (Å²) in [6, 6.07) is 1.03. The molecule has 0 bridgehead atoms. The molecule has 0 saturated heterocycles. The fourth-order valence-corrected chi connectivity index (χ4v) is 1.63. The lowest BCUT2D eigenvalue weighted by atomic mass is 10.2. The van der Waals surface area contributed by atoms with Crippen molar-refractivity contribution in [2.24, 2.45) is 5.92 Å². The molecule has 1 rings (SSSR count). The molecule has 1 aromatic heterocycles. The molecule has 1 aromatic rings. The summed E-state index contributed by atoms with van der Waals surface area (Å²) in [6.45, 7) is 4.56. The van der Waals surface area contributed by atoms with Gasteiger partial charge in [-0.05, 0) is 5.92 Å². The van der Waals surface area contributed by atoms with E-state index in [1.54, 1.807) is 11.9 Å². The molecule has 0 aliphatic heterocycles. The Hall–Kier alpha value is -2.18. The third-order valence-corrected chi connectivity index (χ3v) is 2.29. The van der Waals surface area contributed by atoms with E-state index in [1.807, 2.05) is 13.8 Å². The van der Waals surface area contributed by atoms with Gasteiger partial charge in [-0.25, -0.2) is 9.78 Å². The van der Waals surface area contributed by atoms with Crippen molar-refractivity contribution in [1.29, 1.82) is 0 Å². The lowest BCUT2D eigenvalue weighted by Crippen LogP contribution is -2.24. The number of pyridine rings is 1. The largest absolute Gasteiger partial charge is 0.478 e. The number of hydrogen-bond acceptors (Lipinski definition) is 5. The molecule has 7 heteroatoms. The van der Waals surface area contributed by atoms with Crippen LogP contribution >= 0.6 is 0 Å². The first-order valence-corrected chi connectivity index (χ1v) is 5.41. The van der Waals surface area contributed by atoms with Gasteiger partial charge in [-0.15, -0.1) is 0 Å². The molecule has 1 heterocycles. The van der Waals surface area contributed by atoms with Gasteiger partial charge in [-0.3, -0.25) is 10.1 Å². The number of nitrogens with zero attached hydrogens (tertiary/aromatic N) is 3. The third-order valence-electron chi connectivity index (χ3n) is 2.29. The van der Waals surface area contributed by atoms with Gasteiger partial charge in [0, 0.05) is 25.9 Å². The van der Waals surface area contributed by atoms with Crippen LogP contribution in [-0.4, -0.2) is 34.6 Å². The SMILES string of the molecule is CC(C)CN(C)c1ncc(C(=O)O)cc1[N+](=O)[O-]. The topological polar surface area (TPSA) is 96.6 Å². The van der Waals surface area contributed by atoms with Crippen LogP contribution in [-0.2, 0) is 0 Å². The maximum absolute atomic E-state index is 10.9. The number of aromatic nitrogens is 1. The minimum absolute atomic E-state index is 0.179. The number of carboxylic acid groups (broad SMARTS) is 1. The summed E-state index contributed by atoms with van der Waals surface area (Å²) in [6.07, 6.45) is 1.13. The second-order valence-corrected chi connectivity index (χ2v) is 4.40. The summed E-state index contributed by atoms with van der Waals surface area (Å²) in [7, 11) is 1.69. The molecule has 0 spiro atoms. The van der Waals surface area contributed by atoms with Crippen molar-refractivity contribution in [2.45, 2.75) is 13.8 Å². The molecule has 18 heavy (non-hydrogen) atoms. The van der Waals surface area contributed by atoms with Gasteiger partial charge >= 0.3 is 11.7 Å². The molecular weight excluding hydrogens is 238 g/mol. The fourth-order valence-electron chi connectivity index (χ4n) is 1.63. The van der Waals surface area contributed by atoms with Gasteiger partial charge in [0.15, 0.2) is 0 Å². The van der Waals surface area contributed by atoms with E-state index >= 15 is 0 Å². The normalized spacial score (nSPS) is 10.4. The molecule has 0 fully saturated rings. The predicted molar refractivity (Wildman–Crippen MR) is 66.0 cm³/mol. The van der Waals surface area contributed by atoms with Crippen LogP contribution in [0.5, 0.6) is 0 Å². The molecule has 7 nitrogen and oxygen atoms in total. The summed E-state index contributed by atoms with van der Waals surface area (Å²) < 4.78 is 0.